The molecule has 0 saturated carbocycles. The van der Waals surface area contributed by atoms with E-state index in [1.165, 1.54) is 35.2 Å². The summed E-state index contributed by atoms with van der Waals surface area (Å²) in [5.74, 6) is -1.09. The van der Waals surface area contributed by atoms with Crippen LogP contribution >= 0.6 is 46.4 Å². The fourth-order valence-electron chi connectivity index (χ4n) is 3.87. The van der Waals surface area contributed by atoms with Gasteiger partial charge in [-0.25, -0.2) is 8.42 Å². The number of nitrogens with one attached hydrogen (secondary N) is 1. The Balaban J connectivity index is 2.10. The summed E-state index contributed by atoms with van der Waals surface area (Å²) in [5.41, 5.74) is 1.29. The minimum atomic E-state index is -4.30. The normalized spacial score (nSPS) is 12.1. The van der Waals surface area contributed by atoms with Gasteiger partial charge in [-0.2, -0.15) is 0 Å². The Morgan fingerprint density at radius 2 is 1.48 bits per heavy atom. The smallest absolute Gasteiger partial charge is 0.264 e. The second-order valence-corrected chi connectivity index (χ2v) is 12.5. The quantitative estimate of drug-likeness (QED) is 0.250. The zero-order valence-corrected chi connectivity index (χ0v) is 26.0. The van der Waals surface area contributed by atoms with E-state index in [1.54, 1.807) is 37.3 Å². The van der Waals surface area contributed by atoms with Crippen LogP contribution in [0, 0.1) is 6.92 Å². The Morgan fingerprint density at radius 3 is 2.08 bits per heavy atom. The molecule has 3 aromatic rings. The maximum Gasteiger partial charge on any atom is 0.264 e. The molecule has 0 heterocycles. The molecule has 0 saturated heterocycles. The maximum atomic E-state index is 14.0. The topological polar surface area (TPSA) is 86.8 Å². The van der Waals surface area contributed by atoms with E-state index in [-0.39, 0.29) is 27.2 Å². The Kier molecular flexibility index (Phi) is 11.1. The van der Waals surface area contributed by atoms with Gasteiger partial charge < -0.3 is 10.2 Å². The van der Waals surface area contributed by atoms with Gasteiger partial charge in [0.2, 0.25) is 11.8 Å². The summed E-state index contributed by atoms with van der Waals surface area (Å²) in [6.07, 6.45) is 0.693. The third kappa shape index (κ3) is 7.42. The molecule has 0 fully saturated rings. The van der Waals surface area contributed by atoms with Crippen molar-refractivity contribution in [2.75, 3.05) is 17.4 Å². The average Bonchev–Trinajstić information content (AvgIpc) is 2.91. The minimum Gasteiger partial charge on any atom is -0.354 e. The van der Waals surface area contributed by atoms with Gasteiger partial charge in [0.15, 0.2) is 0 Å². The lowest BCUT2D eigenvalue weighted by Gasteiger charge is -2.32. The highest BCUT2D eigenvalue weighted by atomic mass is 35.5. The number of nitrogens with zero attached hydrogens (tertiary/aromatic N) is 2. The first-order chi connectivity index (χ1) is 18.9. The van der Waals surface area contributed by atoms with Gasteiger partial charge in [0, 0.05) is 28.7 Å². The molecule has 0 bridgehead atoms. The van der Waals surface area contributed by atoms with E-state index in [4.69, 9.17) is 46.4 Å². The number of carbonyl (C=O) groups excluding carboxylic acids is 2. The van der Waals surface area contributed by atoms with Crippen molar-refractivity contribution in [3.63, 3.8) is 0 Å². The van der Waals surface area contributed by atoms with E-state index in [1.807, 2.05) is 13.8 Å². The number of benzene rings is 3. The molecule has 0 spiro atoms. The van der Waals surface area contributed by atoms with E-state index >= 15 is 0 Å². The Morgan fingerprint density at radius 1 is 0.900 bits per heavy atom. The first-order valence-corrected chi connectivity index (χ1v) is 15.4. The average molecular weight is 645 g/mol. The van der Waals surface area contributed by atoms with Gasteiger partial charge in [0.05, 0.1) is 20.6 Å². The number of halogens is 4. The van der Waals surface area contributed by atoms with E-state index in [0.29, 0.717) is 28.6 Å². The standard InChI is InChI=1S/C28H29Cl4N3O4S/c1-4-15-33-28(37)19(3)34(16-21-22(29)7-5-8-23(21)30)26(36)17-35(25-10-6-9-24(31)27(25)32)40(38,39)20-13-11-18(2)12-14-20/h5-14,19H,4,15-17H2,1-3H3,(H,33,37). The summed E-state index contributed by atoms with van der Waals surface area (Å²) in [6, 6.07) is 14.6. The Labute approximate surface area is 255 Å². The fraction of sp³-hybridized carbons (Fsp3) is 0.286. The van der Waals surface area contributed by atoms with E-state index in [9.17, 15) is 18.0 Å². The minimum absolute atomic E-state index is 0.0157. The van der Waals surface area contributed by atoms with Gasteiger partial charge >= 0.3 is 0 Å². The molecule has 1 unspecified atom stereocenters. The summed E-state index contributed by atoms with van der Waals surface area (Å²) >= 11 is 25.5. The fourth-order valence-corrected chi connectivity index (χ4v) is 6.26. The molecular weight excluding hydrogens is 616 g/mol. The van der Waals surface area contributed by atoms with E-state index in [2.05, 4.69) is 5.32 Å². The molecule has 1 N–H and O–H groups in total. The van der Waals surface area contributed by atoms with Crippen LogP contribution in [0.4, 0.5) is 5.69 Å². The van der Waals surface area contributed by atoms with Gasteiger partial charge in [-0.3, -0.25) is 13.9 Å². The SMILES string of the molecule is CCCNC(=O)C(C)N(Cc1c(Cl)cccc1Cl)C(=O)CN(c1cccc(Cl)c1Cl)S(=O)(=O)c1ccc(C)cc1. The van der Waals surface area contributed by atoms with Crippen LogP contribution in [-0.2, 0) is 26.2 Å². The highest BCUT2D eigenvalue weighted by Crippen LogP contribution is 2.36. The van der Waals surface area contributed by atoms with Crippen LogP contribution in [0.1, 0.15) is 31.4 Å². The van der Waals surface area contributed by atoms with Crippen LogP contribution in [0.2, 0.25) is 20.1 Å². The lowest BCUT2D eigenvalue weighted by atomic mass is 10.1. The number of amides is 2. The lowest BCUT2D eigenvalue weighted by molar-refractivity contribution is -0.139. The summed E-state index contributed by atoms with van der Waals surface area (Å²) < 4.78 is 28.7. The maximum absolute atomic E-state index is 14.0. The Hall–Kier alpha value is -2.49. The molecule has 0 aliphatic heterocycles. The number of hydrogen-bond donors (Lipinski definition) is 1. The molecular formula is C28H29Cl4N3O4S. The van der Waals surface area contributed by atoms with Crippen molar-refractivity contribution >= 4 is 73.9 Å². The molecule has 214 valence electrons. The molecule has 0 aliphatic rings. The monoisotopic (exact) mass is 643 g/mol. The van der Waals surface area contributed by atoms with Gasteiger partial charge in [0.1, 0.15) is 12.6 Å². The van der Waals surface area contributed by atoms with Crippen LogP contribution < -0.4 is 9.62 Å². The molecule has 2 amide bonds. The number of rotatable bonds is 11. The molecule has 1 atom stereocenters. The van der Waals surface area contributed by atoms with Crippen molar-refractivity contribution in [1.29, 1.82) is 0 Å². The molecule has 0 aromatic heterocycles. The van der Waals surface area contributed by atoms with Gasteiger partial charge in [-0.05, 0) is 56.7 Å². The number of sulfonamides is 1. The molecule has 3 aromatic carbocycles. The number of carbonyl (C=O) groups is 2. The van der Waals surface area contributed by atoms with Gasteiger partial charge in [0.25, 0.3) is 10.0 Å². The third-order valence-electron chi connectivity index (χ3n) is 6.19. The van der Waals surface area contributed by atoms with Crippen molar-refractivity contribution in [2.24, 2.45) is 0 Å². The molecule has 0 aliphatic carbocycles. The first kappa shape index (κ1) is 32.0. The number of anilines is 1. The zero-order valence-electron chi connectivity index (χ0n) is 22.1. The zero-order chi connectivity index (χ0) is 29.6. The predicted octanol–water partition coefficient (Wildman–Crippen LogP) is 6.75. The molecule has 12 heteroatoms. The molecule has 3 rings (SSSR count). The summed E-state index contributed by atoms with van der Waals surface area (Å²) in [7, 11) is -4.30. The van der Waals surface area contributed by atoms with Crippen LogP contribution in [0.25, 0.3) is 0 Å². The van der Waals surface area contributed by atoms with Crippen LogP contribution in [0.3, 0.4) is 0 Å². The Bertz CT molecular complexity index is 1460. The molecule has 40 heavy (non-hydrogen) atoms. The first-order valence-electron chi connectivity index (χ1n) is 12.4. The summed E-state index contributed by atoms with van der Waals surface area (Å²) in [4.78, 5) is 28.2. The second-order valence-electron chi connectivity index (χ2n) is 9.09. The highest BCUT2D eigenvalue weighted by molar-refractivity contribution is 7.92. The predicted molar refractivity (Wildman–Crippen MR) is 162 cm³/mol. The van der Waals surface area contributed by atoms with Crippen LogP contribution in [-0.4, -0.2) is 44.3 Å². The van der Waals surface area contributed by atoms with Crippen molar-refractivity contribution in [1.82, 2.24) is 10.2 Å². The van der Waals surface area contributed by atoms with Crippen molar-refractivity contribution < 1.29 is 18.0 Å². The lowest BCUT2D eigenvalue weighted by Crippen LogP contribution is -2.51. The highest BCUT2D eigenvalue weighted by Gasteiger charge is 2.34. The number of hydrogen-bond acceptors (Lipinski definition) is 4. The van der Waals surface area contributed by atoms with Crippen molar-refractivity contribution in [3.8, 4) is 0 Å². The van der Waals surface area contributed by atoms with Crippen molar-refractivity contribution in [2.45, 2.75) is 44.7 Å². The number of aryl methyl sites for hydroxylation is 1. The van der Waals surface area contributed by atoms with Crippen molar-refractivity contribution in [3.05, 3.63) is 91.9 Å². The van der Waals surface area contributed by atoms with Crippen LogP contribution in [0.15, 0.2) is 65.6 Å². The summed E-state index contributed by atoms with van der Waals surface area (Å²) in [5, 5.41) is 3.45. The second kappa shape index (κ2) is 13.9. The van der Waals surface area contributed by atoms with Crippen LogP contribution in [0.5, 0.6) is 0 Å². The van der Waals surface area contributed by atoms with E-state index < -0.39 is 34.4 Å². The molecule has 7 nitrogen and oxygen atoms in total. The summed E-state index contributed by atoms with van der Waals surface area (Å²) in [6.45, 7) is 4.88. The van der Waals surface area contributed by atoms with Gasteiger partial charge in [-0.1, -0.05) is 83.2 Å². The van der Waals surface area contributed by atoms with Gasteiger partial charge in [-0.15, -0.1) is 0 Å². The largest absolute Gasteiger partial charge is 0.354 e. The molecule has 0 radical (unpaired) electrons. The van der Waals surface area contributed by atoms with E-state index in [0.717, 1.165) is 9.87 Å². The third-order valence-corrected chi connectivity index (χ3v) is 9.49.